The molecule has 100 valence electrons. The molecule has 1 N–H and O–H groups in total. The van der Waals surface area contributed by atoms with E-state index < -0.39 is 0 Å². The lowest BCUT2D eigenvalue weighted by molar-refractivity contribution is 0.165. The maximum Gasteiger partial charge on any atom is 0.0584 e. The number of rotatable bonds is 5. The predicted octanol–water partition coefficient (Wildman–Crippen LogP) is 3.58. The Labute approximate surface area is 119 Å². The Morgan fingerprint density at radius 2 is 2.16 bits per heavy atom. The number of benzene rings is 1. The number of nitrogens with zero attached hydrogens (tertiary/aromatic N) is 1. The largest absolute Gasteiger partial charge is 0.393 e. The molecule has 2 nitrogen and oxygen atoms in total. The number of pyridine rings is 1. The van der Waals surface area contributed by atoms with E-state index in [1.807, 2.05) is 43.5 Å². The zero-order valence-electron chi connectivity index (χ0n) is 11.0. The summed E-state index contributed by atoms with van der Waals surface area (Å²) in [5, 5.41) is 10.8. The van der Waals surface area contributed by atoms with Crippen molar-refractivity contribution in [3.63, 3.8) is 0 Å². The van der Waals surface area contributed by atoms with E-state index in [-0.39, 0.29) is 6.10 Å². The number of aromatic nitrogens is 1. The van der Waals surface area contributed by atoms with Gasteiger partial charge in [0.1, 0.15) is 0 Å². The van der Waals surface area contributed by atoms with Crippen LogP contribution >= 0.6 is 11.6 Å². The molecule has 1 aromatic carbocycles. The minimum absolute atomic E-state index is 0.375. The Hall–Kier alpha value is -1.38. The van der Waals surface area contributed by atoms with E-state index in [4.69, 9.17) is 11.6 Å². The Bertz CT molecular complexity index is 528. The van der Waals surface area contributed by atoms with Crippen molar-refractivity contribution in [3.05, 3.63) is 64.4 Å². The minimum Gasteiger partial charge on any atom is -0.393 e. The third-order valence-corrected chi connectivity index (χ3v) is 3.50. The highest BCUT2D eigenvalue weighted by Gasteiger charge is 2.09. The smallest absolute Gasteiger partial charge is 0.0584 e. The molecule has 0 spiro atoms. The number of aliphatic hydroxyl groups excluding tert-OH is 1. The fourth-order valence-corrected chi connectivity index (χ4v) is 2.37. The number of hydrogen-bond acceptors (Lipinski definition) is 2. The molecule has 1 heterocycles. The van der Waals surface area contributed by atoms with Gasteiger partial charge in [0.15, 0.2) is 0 Å². The number of aliphatic hydroxyl groups is 1. The molecular formula is C16H18ClNO. The standard InChI is InChI=1S/C16H18ClNO/c1-12-4-6-14(16(17)9-12)10-15(19)7-5-13-3-2-8-18-11-13/h2-4,6,8-9,11,15,19H,5,7,10H2,1H3. The van der Waals surface area contributed by atoms with Gasteiger partial charge in [0, 0.05) is 17.4 Å². The van der Waals surface area contributed by atoms with Crippen molar-refractivity contribution in [1.29, 1.82) is 0 Å². The van der Waals surface area contributed by atoms with Gasteiger partial charge >= 0.3 is 0 Å². The van der Waals surface area contributed by atoms with Crippen LogP contribution in [0.3, 0.4) is 0 Å². The van der Waals surface area contributed by atoms with Gasteiger partial charge in [-0.1, -0.05) is 29.8 Å². The van der Waals surface area contributed by atoms with E-state index in [0.29, 0.717) is 6.42 Å². The fraction of sp³-hybridized carbons (Fsp3) is 0.312. The summed E-state index contributed by atoms with van der Waals surface area (Å²) in [6.45, 7) is 2.01. The molecular weight excluding hydrogens is 258 g/mol. The van der Waals surface area contributed by atoms with Gasteiger partial charge < -0.3 is 5.11 Å². The monoisotopic (exact) mass is 275 g/mol. The highest BCUT2D eigenvalue weighted by molar-refractivity contribution is 6.31. The van der Waals surface area contributed by atoms with Gasteiger partial charge in [0.25, 0.3) is 0 Å². The molecule has 1 aromatic heterocycles. The average Bonchev–Trinajstić information content (AvgIpc) is 2.41. The maximum atomic E-state index is 10.1. The van der Waals surface area contributed by atoms with E-state index in [2.05, 4.69) is 4.98 Å². The van der Waals surface area contributed by atoms with Crippen molar-refractivity contribution in [3.8, 4) is 0 Å². The van der Waals surface area contributed by atoms with Gasteiger partial charge in [-0.05, 0) is 55.0 Å². The quantitative estimate of drug-likeness (QED) is 0.905. The summed E-state index contributed by atoms with van der Waals surface area (Å²) in [5.41, 5.74) is 3.29. The molecule has 0 fully saturated rings. The normalized spacial score (nSPS) is 12.4. The van der Waals surface area contributed by atoms with Crippen molar-refractivity contribution in [1.82, 2.24) is 4.98 Å². The zero-order chi connectivity index (χ0) is 13.7. The molecule has 0 saturated heterocycles. The Morgan fingerprint density at radius 3 is 2.84 bits per heavy atom. The molecule has 2 aromatic rings. The molecule has 19 heavy (non-hydrogen) atoms. The summed E-state index contributed by atoms with van der Waals surface area (Å²) in [6.07, 6.45) is 5.37. The summed E-state index contributed by atoms with van der Waals surface area (Å²) in [6, 6.07) is 9.89. The summed E-state index contributed by atoms with van der Waals surface area (Å²) in [5.74, 6) is 0. The van der Waals surface area contributed by atoms with Crippen molar-refractivity contribution in [2.75, 3.05) is 0 Å². The fourth-order valence-electron chi connectivity index (χ4n) is 2.05. The van der Waals surface area contributed by atoms with Crippen LogP contribution in [0.15, 0.2) is 42.7 Å². The molecule has 0 aliphatic heterocycles. The molecule has 0 aliphatic rings. The van der Waals surface area contributed by atoms with Gasteiger partial charge in [-0.15, -0.1) is 0 Å². The van der Waals surface area contributed by atoms with Crippen LogP contribution in [-0.4, -0.2) is 16.2 Å². The Balaban J connectivity index is 1.89. The van der Waals surface area contributed by atoms with Gasteiger partial charge in [0.2, 0.25) is 0 Å². The van der Waals surface area contributed by atoms with Crippen molar-refractivity contribution in [2.45, 2.75) is 32.3 Å². The molecule has 2 rings (SSSR count). The molecule has 0 bridgehead atoms. The highest BCUT2D eigenvalue weighted by Crippen LogP contribution is 2.20. The lowest BCUT2D eigenvalue weighted by Crippen LogP contribution is -2.12. The lowest BCUT2D eigenvalue weighted by atomic mass is 10.0. The van der Waals surface area contributed by atoms with Crippen molar-refractivity contribution in [2.24, 2.45) is 0 Å². The van der Waals surface area contributed by atoms with Crippen LogP contribution in [0, 0.1) is 6.92 Å². The molecule has 0 aliphatic carbocycles. The average molecular weight is 276 g/mol. The highest BCUT2D eigenvalue weighted by atomic mass is 35.5. The third kappa shape index (κ3) is 4.34. The van der Waals surface area contributed by atoms with Gasteiger partial charge in [-0.2, -0.15) is 0 Å². The first-order valence-corrected chi connectivity index (χ1v) is 6.85. The minimum atomic E-state index is -0.375. The van der Waals surface area contributed by atoms with E-state index in [0.717, 1.165) is 34.6 Å². The third-order valence-electron chi connectivity index (χ3n) is 3.15. The van der Waals surface area contributed by atoms with Crippen LogP contribution < -0.4 is 0 Å². The summed E-state index contributed by atoms with van der Waals surface area (Å²) in [4.78, 5) is 4.07. The molecule has 3 heteroatoms. The van der Waals surface area contributed by atoms with Crippen LogP contribution in [0.25, 0.3) is 0 Å². The van der Waals surface area contributed by atoms with Crippen LogP contribution in [-0.2, 0) is 12.8 Å². The molecule has 0 amide bonds. The summed E-state index contributed by atoms with van der Waals surface area (Å²) in [7, 11) is 0. The second-order valence-electron chi connectivity index (χ2n) is 4.85. The van der Waals surface area contributed by atoms with Gasteiger partial charge in [0.05, 0.1) is 6.10 Å². The zero-order valence-corrected chi connectivity index (χ0v) is 11.8. The molecule has 1 unspecified atom stereocenters. The van der Waals surface area contributed by atoms with Crippen molar-refractivity contribution < 1.29 is 5.11 Å². The topological polar surface area (TPSA) is 33.1 Å². The maximum absolute atomic E-state index is 10.1. The van der Waals surface area contributed by atoms with Crippen LogP contribution in [0.2, 0.25) is 5.02 Å². The van der Waals surface area contributed by atoms with Crippen LogP contribution in [0.4, 0.5) is 0 Å². The molecule has 0 saturated carbocycles. The van der Waals surface area contributed by atoms with Gasteiger partial charge in [-0.25, -0.2) is 0 Å². The van der Waals surface area contributed by atoms with E-state index >= 15 is 0 Å². The first-order valence-electron chi connectivity index (χ1n) is 6.47. The number of halogens is 1. The molecule has 0 radical (unpaired) electrons. The van der Waals surface area contributed by atoms with Gasteiger partial charge in [-0.3, -0.25) is 4.98 Å². The van der Waals surface area contributed by atoms with E-state index in [1.165, 1.54) is 0 Å². The molecule has 1 atom stereocenters. The SMILES string of the molecule is Cc1ccc(CC(O)CCc2cccnc2)c(Cl)c1. The predicted molar refractivity (Wildman–Crippen MR) is 78.5 cm³/mol. The Morgan fingerprint density at radius 1 is 1.32 bits per heavy atom. The second-order valence-corrected chi connectivity index (χ2v) is 5.26. The Kier molecular flexibility index (Phi) is 4.94. The van der Waals surface area contributed by atoms with Crippen LogP contribution in [0.5, 0.6) is 0 Å². The van der Waals surface area contributed by atoms with Crippen LogP contribution in [0.1, 0.15) is 23.1 Å². The number of aryl methyl sites for hydroxylation is 2. The summed E-state index contributed by atoms with van der Waals surface area (Å²) < 4.78 is 0. The lowest BCUT2D eigenvalue weighted by Gasteiger charge is -2.12. The van der Waals surface area contributed by atoms with Crippen molar-refractivity contribution >= 4 is 11.6 Å². The van der Waals surface area contributed by atoms with E-state index in [1.54, 1.807) is 6.20 Å². The number of hydrogen-bond donors (Lipinski definition) is 1. The first-order chi connectivity index (χ1) is 9.15. The first kappa shape index (κ1) is 14.0. The van der Waals surface area contributed by atoms with E-state index in [9.17, 15) is 5.11 Å². The second kappa shape index (κ2) is 6.69. The summed E-state index contributed by atoms with van der Waals surface area (Å²) >= 11 is 6.17.